The number of hydrogen-bond acceptors (Lipinski definition) is 3. The van der Waals surface area contributed by atoms with E-state index in [2.05, 4.69) is 15.6 Å². The first-order chi connectivity index (χ1) is 13.4. The molecule has 2 N–H and O–H groups in total. The summed E-state index contributed by atoms with van der Waals surface area (Å²) in [5, 5.41) is 6.21. The van der Waals surface area contributed by atoms with Crippen LogP contribution < -0.4 is 10.6 Å². The molecule has 5 nitrogen and oxygen atoms in total. The lowest BCUT2D eigenvalue weighted by atomic mass is 10.1. The molecule has 28 heavy (non-hydrogen) atoms. The van der Waals surface area contributed by atoms with Gasteiger partial charge in [0.25, 0.3) is 11.8 Å². The Balaban J connectivity index is 1.69. The van der Waals surface area contributed by atoms with Gasteiger partial charge in [-0.1, -0.05) is 35.9 Å². The number of pyridine rings is 1. The van der Waals surface area contributed by atoms with Crippen molar-refractivity contribution in [2.24, 2.45) is 0 Å². The van der Waals surface area contributed by atoms with Crippen molar-refractivity contribution in [1.29, 1.82) is 0 Å². The summed E-state index contributed by atoms with van der Waals surface area (Å²) in [6.07, 6.45) is 1.45. The molecule has 2 aromatic carbocycles. The molecule has 0 aliphatic heterocycles. The number of aryl methyl sites for hydroxylation is 2. The van der Waals surface area contributed by atoms with Gasteiger partial charge in [-0.15, -0.1) is 0 Å². The second-order valence-corrected chi connectivity index (χ2v) is 6.94. The van der Waals surface area contributed by atoms with Gasteiger partial charge in [-0.2, -0.15) is 0 Å². The fourth-order valence-electron chi connectivity index (χ4n) is 2.85. The summed E-state index contributed by atoms with van der Waals surface area (Å²) < 4.78 is 0. The maximum atomic E-state index is 12.5. The van der Waals surface area contributed by atoms with E-state index in [4.69, 9.17) is 11.6 Å². The number of nitrogens with one attached hydrogen (secondary N) is 2. The number of carbonyl (C=O) groups is 2. The first-order valence-electron chi connectivity index (χ1n) is 8.79. The van der Waals surface area contributed by atoms with E-state index in [-0.39, 0.29) is 24.1 Å². The third kappa shape index (κ3) is 4.96. The van der Waals surface area contributed by atoms with Gasteiger partial charge in [0.05, 0.1) is 0 Å². The quantitative estimate of drug-likeness (QED) is 0.668. The number of hydrogen-bond donors (Lipinski definition) is 2. The van der Waals surface area contributed by atoms with Crippen LogP contribution in [-0.2, 0) is 6.54 Å². The second kappa shape index (κ2) is 8.67. The molecule has 3 aromatic rings. The highest BCUT2D eigenvalue weighted by Crippen LogP contribution is 2.16. The van der Waals surface area contributed by atoms with E-state index in [0.717, 1.165) is 16.7 Å². The minimum absolute atomic E-state index is 0.167. The van der Waals surface area contributed by atoms with Gasteiger partial charge in [0.15, 0.2) is 0 Å². The van der Waals surface area contributed by atoms with Gasteiger partial charge in [0.2, 0.25) is 0 Å². The van der Waals surface area contributed by atoms with Crippen LogP contribution >= 0.6 is 11.6 Å². The molecular weight excluding hydrogens is 374 g/mol. The molecule has 2 amide bonds. The normalized spacial score (nSPS) is 10.4. The lowest BCUT2D eigenvalue weighted by Gasteiger charge is -2.09. The summed E-state index contributed by atoms with van der Waals surface area (Å²) in [4.78, 5) is 29.0. The van der Waals surface area contributed by atoms with E-state index in [0.29, 0.717) is 16.3 Å². The lowest BCUT2D eigenvalue weighted by molar-refractivity contribution is 0.0946. The first kappa shape index (κ1) is 19.6. The van der Waals surface area contributed by atoms with Gasteiger partial charge in [-0.25, -0.2) is 0 Å². The van der Waals surface area contributed by atoms with Gasteiger partial charge in [-0.05, 0) is 60.9 Å². The smallest absolute Gasteiger partial charge is 0.270 e. The second-order valence-electron chi connectivity index (χ2n) is 6.53. The minimum Gasteiger partial charge on any atom is -0.347 e. The summed E-state index contributed by atoms with van der Waals surface area (Å²) in [5.74, 6) is -0.673. The number of halogens is 1. The van der Waals surface area contributed by atoms with Crippen molar-refractivity contribution >= 4 is 29.1 Å². The van der Waals surface area contributed by atoms with Crippen LogP contribution in [0.25, 0.3) is 0 Å². The third-order valence-corrected chi connectivity index (χ3v) is 4.50. The molecule has 142 valence electrons. The molecular formula is C22H20ClN3O2. The van der Waals surface area contributed by atoms with E-state index >= 15 is 0 Å². The fourth-order valence-corrected chi connectivity index (χ4v) is 3.06. The topological polar surface area (TPSA) is 71.1 Å². The van der Waals surface area contributed by atoms with E-state index in [9.17, 15) is 9.59 Å². The summed E-state index contributed by atoms with van der Waals surface area (Å²) >= 11 is 6.10. The largest absolute Gasteiger partial charge is 0.347 e. The SMILES string of the molecule is Cc1cc(C)cc(NC(=O)c2ccnc(C(=O)NCc3ccccc3Cl)c2)c1. The van der Waals surface area contributed by atoms with Crippen LogP contribution in [-0.4, -0.2) is 16.8 Å². The van der Waals surface area contributed by atoms with E-state index < -0.39 is 0 Å². The van der Waals surface area contributed by atoms with Gasteiger partial charge in [0, 0.05) is 29.0 Å². The average Bonchev–Trinajstić information content (AvgIpc) is 2.66. The third-order valence-electron chi connectivity index (χ3n) is 4.13. The zero-order valence-electron chi connectivity index (χ0n) is 15.6. The summed E-state index contributed by atoms with van der Waals surface area (Å²) in [6, 6.07) is 16.1. The number of amides is 2. The molecule has 0 fully saturated rings. The van der Waals surface area contributed by atoms with Gasteiger partial charge >= 0.3 is 0 Å². The molecule has 0 radical (unpaired) electrons. The molecule has 0 aliphatic rings. The Morgan fingerprint density at radius 1 is 0.964 bits per heavy atom. The van der Waals surface area contributed by atoms with E-state index in [1.807, 2.05) is 50.2 Å². The van der Waals surface area contributed by atoms with Crippen LogP contribution in [0.2, 0.25) is 5.02 Å². The Kier molecular flexibility index (Phi) is 6.06. The van der Waals surface area contributed by atoms with Crippen LogP contribution in [0.4, 0.5) is 5.69 Å². The molecule has 6 heteroatoms. The lowest BCUT2D eigenvalue weighted by Crippen LogP contribution is -2.24. The maximum absolute atomic E-state index is 12.5. The molecule has 1 heterocycles. The number of anilines is 1. The molecule has 0 saturated carbocycles. The van der Waals surface area contributed by atoms with Crippen LogP contribution in [0, 0.1) is 13.8 Å². The van der Waals surface area contributed by atoms with Crippen LogP contribution in [0.15, 0.2) is 60.8 Å². The Hall–Kier alpha value is -3.18. The molecule has 0 unspecified atom stereocenters. The Morgan fingerprint density at radius 3 is 2.39 bits per heavy atom. The van der Waals surface area contributed by atoms with Crippen molar-refractivity contribution in [3.63, 3.8) is 0 Å². The monoisotopic (exact) mass is 393 g/mol. The standard InChI is InChI=1S/C22H20ClN3O2/c1-14-9-15(2)11-18(10-14)26-21(27)16-7-8-24-20(12-16)22(28)25-13-17-5-3-4-6-19(17)23/h3-12H,13H2,1-2H3,(H,25,28)(H,26,27). The van der Waals surface area contributed by atoms with Gasteiger partial charge in [-0.3, -0.25) is 14.6 Å². The Bertz CT molecular complexity index is 1010. The highest BCUT2D eigenvalue weighted by molar-refractivity contribution is 6.31. The van der Waals surface area contributed by atoms with Crippen molar-refractivity contribution in [2.45, 2.75) is 20.4 Å². The molecule has 3 rings (SSSR count). The van der Waals surface area contributed by atoms with Crippen molar-refractivity contribution in [2.75, 3.05) is 5.32 Å². The summed E-state index contributed by atoms with van der Waals surface area (Å²) in [6.45, 7) is 4.21. The molecule has 0 aliphatic carbocycles. The zero-order chi connectivity index (χ0) is 20.1. The van der Waals surface area contributed by atoms with Gasteiger partial charge < -0.3 is 10.6 Å². The molecule has 0 atom stereocenters. The molecule has 0 spiro atoms. The maximum Gasteiger partial charge on any atom is 0.270 e. The molecule has 0 bridgehead atoms. The van der Waals surface area contributed by atoms with Gasteiger partial charge in [0.1, 0.15) is 5.69 Å². The summed E-state index contributed by atoms with van der Waals surface area (Å²) in [5.41, 5.74) is 4.16. The number of nitrogens with zero attached hydrogens (tertiary/aromatic N) is 1. The Morgan fingerprint density at radius 2 is 1.68 bits per heavy atom. The number of rotatable bonds is 5. The van der Waals surface area contributed by atoms with Crippen LogP contribution in [0.1, 0.15) is 37.5 Å². The van der Waals surface area contributed by atoms with Crippen molar-refractivity contribution in [3.8, 4) is 0 Å². The predicted octanol–water partition coefficient (Wildman–Crippen LogP) is 4.53. The minimum atomic E-state index is -0.374. The van der Waals surface area contributed by atoms with Crippen molar-refractivity contribution < 1.29 is 9.59 Å². The Labute approximate surface area is 168 Å². The zero-order valence-corrected chi connectivity index (χ0v) is 16.4. The van der Waals surface area contributed by atoms with Crippen LogP contribution in [0.3, 0.4) is 0 Å². The predicted molar refractivity (Wildman–Crippen MR) is 111 cm³/mol. The fraction of sp³-hybridized carbons (Fsp3) is 0.136. The number of benzene rings is 2. The number of carbonyl (C=O) groups excluding carboxylic acids is 2. The first-order valence-corrected chi connectivity index (χ1v) is 9.17. The van der Waals surface area contributed by atoms with E-state index in [1.165, 1.54) is 12.3 Å². The molecule has 1 aromatic heterocycles. The van der Waals surface area contributed by atoms with Crippen molar-refractivity contribution in [1.82, 2.24) is 10.3 Å². The molecule has 0 saturated heterocycles. The van der Waals surface area contributed by atoms with E-state index in [1.54, 1.807) is 12.1 Å². The van der Waals surface area contributed by atoms with Crippen molar-refractivity contribution in [3.05, 3.63) is 93.8 Å². The number of aromatic nitrogens is 1. The average molecular weight is 394 g/mol. The van der Waals surface area contributed by atoms with Crippen LogP contribution in [0.5, 0.6) is 0 Å². The highest BCUT2D eigenvalue weighted by Gasteiger charge is 2.13. The highest BCUT2D eigenvalue weighted by atomic mass is 35.5. The summed E-state index contributed by atoms with van der Waals surface area (Å²) in [7, 11) is 0.